The Labute approximate surface area is 110 Å². The van der Waals surface area contributed by atoms with E-state index in [-0.39, 0.29) is 5.91 Å². The van der Waals surface area contributed by atoms with E-state index in [2.05, 4.69) is 21.2 Å². The first kappa shape index (κ1) is 12.6. The fourth-order valence-electron chi connectivity index (χ4n) is 2.09. The molecule has 92 valence electrons. The summed E-state index contributed by atoms with van der Waals surface area (Å²) in [4.78, 5) is 14.3. The van der Waals surface area contributed by atoms with Crippen molar-refractivity contribution in [3.63, 3.8) is 0 Å². The second-order valence-corrected chi connectivity index (χ2v) is 5.27. The number of halogens is 1. The summed E-state index contributed by atoms with van der Waals surface area (Å²) in [6.45, 7) is 5.52. The second kappa shape index (κ2) is 5.65. The molecule has 4 heteroatoms. The maximum absolute atomic E-state index is 12.4. The minimum atomic E-state index is 0.152. The first-order chi connectivity index (χ1) is 8.18. The highest BCUT2D eigenvalue weighted by atomic mass is 79.9. The maximum Gasteiger partial charge on any atom is 0.254 e. The lowest BCUT2D eigenvalue weighted by Crippen LogP contribution is -2.34. The standard InChI is InChI=1S/C13H17BrN2O/c1-10-9-11(14)3-4-12(10)13(17)16-7-2-5-15-6-8-16/h3-4,9,15H,2,5-8H2,1H3. The van der Waals surface area contributed by atoms with Crippen LogP contribution in [0.4, 0.5) is 0 Å². The van der Waals surface area contributed by atoms with Crippen LogP contribution in [0.5, 0.6) is 0 Å². The van der Waals surface area contributed by atoms with Gasteiger partial charge in [0.25, 0.3) is 5.91 Å². The number of hydrogen-bond acceptors (Lipinski definition) is 2. The van der Waals surface area contributed by atoms with E-state index in [4.69, 9.17) is 0 Å². The van der Waals surface area contributed by atoms with Crippen LogP contribution < -0.4 is 5.32 Å². The van der Waals surface area contributed by atoms with Crippen molar-refractivity contribution < 1.29 is 4.79 Å². The molecule has 1 fully saturated rings. The molecule has 1 heterocycles. The van der Waals surface area contributed by atoms with Crippen molar-refractivity contribution in [2.75, 3.05) is 26.2 Å². The van der Waals surface area contributed by atoms with Crippen LogP contribution in [0, 0.1) is 6.92 Å². The quantitative estimate of drug-likeness (QED) is 0.862. The number of rotatable bonds is 1. The van der Waals surface area contributed by atoms with Gasteiger partial charge in [-0.2, -0.15) is 0 Å². The number of nitrogens with zero attached hydrogens (tertiary/aromatic N) is 1. The lowest BCUT2D eigenvalue weighted by atomic mass is 10.1. The van der Waals surface area contributed by atoms with E-state index in [9.17, 15) is 4.79 Å². The Balaban J connectivity index is 2.17. The average molecular weight is 297 g/mol. The highest BCUT2D eigenvalue weighted by Crippen LogP contribution is 2.17. The molecule has 17 heavy (non-hydrogen) atoms. The number of aryl methyl sites for hydroxylation is 1. The van der Waals surface area contributed by atoms with Crippen molar-refractivity contribution in [1.29, 1.82) is 0 Å². The third-order valence-corrected chi connectivity index (χ3v) is 3.54. The van der Waals surface area contributed by atoms with Gasteiger partial charge in [-0.25, -0.2) is 0 Å². The molecule has 2 rings (SSSR count). The second-order valence-electron chi connectivity index (χ2n) is 4.35. The Hall–Kier alpha value is -0.870. The van der Waals surface area contributed by atoms with E-state index in [0.717, 1.165) is 48.2 Å². The molecule has 0 atom stereocenters. The van der Waals surface area contributed by atoms with E-state index in [1.807, 2.05) is 30.0 Å². The molecule has 0 saturated carbocycles. The number of amides is 1. The van der Waals surface area contributed by atoms with Gasteiger partial charge in [-0.05, 0) is 43.7 Å². The van der Waals surface area contributed by atoms with Gasteiger partial charge < -0.3 is 10.2 Å². The largest absolute Gasteiger partial charge is 0.337 e. The summed E-state index contributed by atoms with van der Waals surface area (Å²) < 4.78 is 1.02. The molecule has 0 radical (unpaired) electrons. The molecule has 1 aromatic rings. The first-order valence-corrected chi connectivity index (χ1v) is 6.74. The number of hydrogen-bond donors (Lipinski definition) is 1. The maximum atomic E-state index is 12.4. The molecule has 1 saturated heterocycles. The third-order valence-electron chi connectivity index (χ3n) is 3.05. The van der Waals surface area contributed by atoms with Crippen molar-refractivity contribution in [3.8, 4) is 0 Å². The van der Waals surface area contributed by atoms with Crippen LogP contribution in [0.25, 0.3) is 0 Å². The predicted octanol–water partition coefficient (Wildman–Crippen LogP) is 2.19. The molecular weight excluding hydrogens is 280 g/mol. The highest BCUT2D eigenvalue weighted by molar-refractivity contribution is 9.10. The Morgan fingerprint density at radius 3 is 2.94 bits per heavy atom. The Kier molecular flexibility index (Phi) is 4.18. The van der Waals surface area contributed by atoms with Crippen LogP contribution in [0.3, 0.4) is 0 Å². The number of carbonyl (C=O) groups excluding carboxylic acids is 1. The summed E-state index contributed by atoms with van der Waals surface area (Å²) in [5.41, 5.74) is 1.84. The summed E-state index contributed by atoms with van der Waals surface area (Å²) in [7, 11) is 0. The Morgan fingerprint density at radius 1 is 1.35 bits per heavy atom. The van der Waals surface area contributed by atoms with Gasteiger partial charge >= 0.3 is 0 Å². The van der Waals surface area contributed by atoms with Crippen molar-refractivity contribution in [1.82, 2.24) is 10.2 Å². The van der Waals surface area contributed by atoms with E-state index in [1.54, 1.807) is 0 Å². The van der Waals surface area contributed by atoms with Crippen molar-refractivity contribution in [3.05, 3.63) is 33.8 Å². The van der Waals surface area contributed by atoms with Crippen LogP contribution >= 0.6 is 15.9 Å². The summed E-state index contributed by atoms with van der Waals surface area (Å²) in [6, 6.07) is 5.82. The summed E-state index contributed by atoms with van der Waals surface area (Å²) >= 11 is 3.42. The molecule has 3 nitrogen and oxygen atoms in total. The Morgan fingerprint density at radius 2 is 2.18 bits per heavy atom. The van der Waals surface area contributed by atoms with Gasteiger partial charge in [-0.1, -0.05) is 15.9 Å². The summed E-state index contributed by atoms with van der Waals surface area (Å²) in [5, 5.41) is 3.31. The highest BCUT2D eigenvalue weighted by Gasteiger charge is 2.18. The lowest BCUT2D eigenvalue weighted by Gasteiger charge is -2.21. The van der Waals surface area contributed by atoms with Gasteiger partial charge in [0.1, 0.15) is 0 Å². The van der Waals surface area contributed by atoms with Crippen LogP contribution in [0.2, 0.25) is 0 Å². The van der Waals surface area contributed by atoms with E-state index < -0.39 is 0 Å². The normalized spacial score (nSPS) is 16.7. The van der Waals surface area contributed by atoms with Gasteiger partial charge in [0.2, 0.25) is 0 Å². The van der Waals surface area contributed by atoms with Gasteiger partial charge in [0, 0.05) is 29.7 Å². The van der Waals surface area contributed by atoms with Crippen LogP contribution in [0.15, 0.2) is 22.7 Å². The molecule has 0 aliphatic carbocycles. The van der Waals surface area contributed by atoms with Crippen LogP contribution in [0.1, 0.15) is 22.3 Å². The van der Waals surface area contributed by atoms with Gasteiger partial charge in [-0.3, -0.25) is 4.79 Å². The molecule has 1 N–H and O–H groups in total. The molecular formula is C13H17BrN2O. The van der Waals surface area contributed by atoms with E-state index in [0.29, 0.717) is 0 Å². The number of nitrogens with one attached hydrogen (secondary N) is 1. The molecule has 0 bridgehead atoms. The molecule has 0 aromatic heterocycles. The van der Waals surface area contributed by atoms with Crippen molar-refractivity contribution in [2.45, 2.75) is 13.3 Å². The van der Waals surface area contributed by atoms with E-state index in [1.165, 1.54) is 0 Å². The lowest BCUT2D eigenvalue weighted by molar-refractivity contribution is 0.0765. The van der Waals surface area contributed by atoms with Gasteiger partial charge in [0.15, 0.2) is 0 Å². The zero-order valence-electron chi connectivity index (χ0n) is 10.0. The van der Waals surface area contributed by atoms with Crippen molar-refractivity contribution in [2.24, 2.45) is 0 Å². The van der Waals surface area contributed by atoms with E-state index >= 15 is 0 Å². The SMILES string of the molecule is Cc1cc(Br)ccc1C(=O)N1CCCNCC1. The smallest absolute Gasteiger partial charge is 0.254 e. The average Bonchev–Trinajstić information content (AvgIpc) is 2.56. The topological polar surface area (TPSA) is 32.3 Å². The molecule has 0 spiro atoms. The molecule has 1 aromatic carbocycles. The fraction of sp³-hybridized carbons (Fsp3) is 0.462. The van der Waals surface area contributed by atoms with Crippen LogP contribution in [-0.4, -0.2) is 37.0 Å². The molecule has 1 aliphatic rings. The van der Waals surface area contributed by atoms with Crippen molar-refractivity contribution >= 4 is 21.8 Å². The monoisotopic (exact) mass is 296 g/mol. The van der Waals surface area contributed by atoms with Gasteiger partial charge in [0.05, 0.1) is 0 Å². The molecule has 1 amide bonds. The summed E-state index contributed by atoms with van der Waals surface area (Å²) in [5.74, 6) is 0.152. The fourth-order valence-corrected chi connectivity index (χ4v) is 2.56. The molecule has 1 aliphatic heterocycles. The number of benzene rings is 1. The minimum absolute atomic E-state index is 0.152. The van der Waals surface area contributed by atoms with Crippen LogP contribution in [-0.2, 0) is 0 Å². The Bertz CT molecular complexity index is 412. The van der Waals surface area contributed by atoms with Gasteiger partial charge in [-0.15, -0.1) is 0 Å². The first-order valence-electron chi connectivity index (χ1n) is 5.94. The number of carbonyl (C=O) groups is 1. The zero-order chi connectivity index (χ0) is 12.3. The predicted molar refractivity (Wildman–Crippen MR) is 72.3 cm³/mol. The third kappa shape index (κ3) is 3.07. The summed E-state index contributed by atoms with van der Waals surface area (Å²) in [6.07, 6.45) is 1.03. The molecule has 0 unspecified atom stereocenters. The zero-order valence-corrected chi connectivity index (χ0v) is 11.6. The minimum Gasteiger partial charge on any atom is -0.337 e.